The molecule has 0 fully saturated rings. The molecule has 1 aliphatic rings. The van der Waals surface area contributed by atoms with Crippen molar-refractivity contribution >= 4 is 0 Å². The van der Waals surface area contributed by atoms with Crippen LogP contribution >= 0.6 is 0 Å². The monoisotopic (exact) mass is 242 g/mol. The summed E-state index contributed by atoms with van der Waals surface area (Å²) in [6.45, 7) is 1.66. The molecule has 0 saturated carbocycles. The molecule has 0 saturated heterocycles. The molecule has 0 amide bonds. The van der Waals surface area contributed by atoms with Crippen molar-refractivity contribution in [1.29, 1.82) is 0 Å². The van der Waals surface area contributed by atoms with Gasteiger partial charge in [-0.25, -0.2) is 0 Å². The first-order chi connectivity index (χ1) is 8.88. The lowest BCUT2D eigenvalue weighted by atomic mass is 10.1. The van der Waals surface area contributed by atoms with Crippen LogP contribution < -0.4 is 15.2 Å². The van der Waals surface area contributed by atoms with E-state index in [9.17, 15) is 0 Å². The second kappa shape index (κ2) is 4.66. The highest BCUT2D eigenvalue weighted by molar-refractivity contribution is 5.66. The molecule has 2 heterocycles. The van der Waals surface area contributed by atoms with Crippen LogP contribution in [0.5, 0.6) is 11.5 Å². The summed E-state index contributed by atoms with van der Waals surface area (Å²) in [5.74, 6) is 1.56. The van der Waals surface area contributed by atoms with Crippen molar-refractivity contribution in [1.82, 2.24) is 4.98 Å². The summed E-state index contributed by atoms with van der Waals surface area (Å²) in [6, 6.07) is 9.73. The molecule has 0 unspecified atom stereocenters. The summed E-state index contributed by atoms with van der Waals surface area (Å²) in [5.41, 5.74) is 8.65. The fourth-order valence-electron chi connectivity index (χ4n) is 2.05. The minimum atomic E-state index is 0.470. The first-order valence-electron chi connectivity index (χ1n) is 5.92. The normalized spacial score (nSPS) is 13.4. The zero-order valence-corrected chi connectivity index (χ0v) is 9.93. The average molecular weight is 242 g/mol. The number of hydrogen-bond acceptors (Lipinski definition) is 4. The Morgan fingerprint density at radius 1 is 1.11 bits per heavy atom. The van der Waals surface area contributed by atoms with Crippen LogP contribution in [0.3, 0.4) is 0 Å². The van der Waals surface area contributed by atoms with Gasteiger partial charge in [-0.05, 0) is 29.8 Å². The van der Waals surface area contributed by atoms with Crippen LogP contribution in [0.15, 0.2) is 36.5 Å². The Morgan fingerprint density at radius 3 is 2.78 bits per heavy atom. The van der Waals surface area contributed by atoms with E-state index >= 15 is 0 Å². The van der Waals surface area contributed by atoms with E-state index in [1.54, 1.807) is 6.20 Å². The van der Waals surface area contributed by atoms with Crippen molar-refractivity contribution in [2.45, 2.75) is 6.54 Å². The third-order valence-corrected chi connectivity index (χ3v) is 2.93. The van der Waals surface area contributed by atoms with Crippen LogP contribution in [-0.4, -0.2) is 18.2 Å². The van der Waals surface area contributed by atoms with Crippen molar-refractivity contribution in [2.75, 3.05) is 13.2 Å². The molecule has 3 rings (SSSR count). The van der Waals surface area contributed by atoms with Crippen LogP contribution in [-0.2, 0) is 6.54 Å². The van der Waals surface area contributed by atoms with E-state index in [4.69, 9.17) is 15.2 Å². The van der Waals surface area contributed by atoms with Crippen molar-refractivity contribution < 1.29 is 9.47 Å². The molecular formula is C14H14N2O2. The second-order valence-corrected chi connectivity index (χ2v) is 4.07. The van der Waals surface area contributed by atoms with E-state index < -0.39 is 0 Å². The van der Waals surface area contributed by atoms with Crippen molar-refractivity contribution in [2.24, 2.45) is 5.73 Å². The predicted molar refractivity (Wildman–Crippen MR) is 68.6 cm³/mol. The molecule has 4 heteroatoms. The van der Waals surface area contributed by atoms with Crippen LogP contribution in [0, 0.1) is 0 Å². The molecule has 1 aromatic carbocycles. The summed E-state index contributed by atoms with van der Waals surface area (Å²) in [6.07, 6.45) is 1.77. The van der Waals surface area contributed by atoms with Gasteiger partial charge in [0.05, 0.1) is 5.69 Å². The number of pyridine rings is 1. The number of aromatic nitrogens is 1. The quantitative estimate of drug-likeness (QED) is 0.874. The van der Waals surface area contributed by atoms with Gasteiger partial charge in [0.25, 0.3) is 0 Å². The summed E-state index contributed by atoms with van der Waals surface area (Å²) >= 11 is 0. The van der Waals surface area contributed by atoms with Crippen LogP contribution in [0.2, 0.25) is 0 Å². The molecule has 0 radical (unpaired) electrons. The van der Waals surface area contributed by atoms with E-state index in [0.29, 0.717) is 19.8 Å². The van der Waals surface area contributed by atoms with Gasteiger partial charge < -0.3 is 15.2 Å². The highest BCUT2D eigenvalue weighted by Crippen LogP contribution is 2.34. The lowest BCUT2D eigenvalue weighted by Crippen LogP contribution is -2.15. The largest absolute Gasteiger partial charge is 0.486 e. The number of nitrogens with two attached hydrogens (primary N) is 1. The topological polar surface area (TPSA) is 57.4 Å². The standard InChI is InChI=1S/C14H14N2O2/c15-9-11-2-1-5-16-14(11)10-3-4-12-13(8-10)18-7-6-17-12/h1-5,8H,6-7,9,15H2. The average Bonchev–Trinajstić information content (AvgIpc) is 2.46. The highest BCUT2D eigenvalue weighted by atomic mass is 16.6. The third-order valence-electron chi connectivity index (χ3n) is 2.93. The molecule has 0 aliphatic carbocycles. The lowest BCUT2D eigenvalue weighted by molar-refractivity contribution is 0.171. The smallest absolute Gasteiger partial charge is 0.162 e. The number of ether oxygens (including phenoxy) is 2. The summed E-state index contributed by atoms with van der Waals surface area (Å²) in [5, 5.41) is 0. The number of fused-ring (bicyclic) bond motifs is 1. The molecule has 4 nitrogen and oxygen atoms in total. The maximum atomic E-state index is 5.73. The number of nitrogens with zero attached hydrogens (tertiary/aromatic N) is 1. The zero-order chi connectivity index (χ0) is 12.4. The summed E-state index contributed by atoms with van der Waals surface area (Å²) in [4.78, 5) is 4.39. The van der Waals surface area contributed by atoms with Gasteiger partial charge in [-0.2, -0.15) is 0 Å². The Hall–Kier alpha value is -2.07. The Balaban J connectivity index is 2.06. The molecule has 18 heavy (non-hydrogen) atoms. The third kappa shape index (κ3) is 1.91. The minimum Gasteiger partial charge on any atom is -0.486 e. The molecule has 2 N–H and O–H groups in total. The molecule has 0 spiro atoms. The first-order valence-corrected chi connectivity index (χ1v) is 5.92. The molecule has 0 atom stereocenters. The maximum absolute atomic E-state index is 5.73. The lowest BCUT2D eigenvalue weighted by Gasteiger charge is -2.19. The minimum absolute atomic E-state index is 0.470. The van der Waals surface area contributed by atoms with Crippen LogP contribution in [0.25, 0.3) is 11.3 Å². The predicted octanol–water partition coefficient (Wildman–Crippen LogP) is 1.98. The van der Waals surface area contributed by atoms with Gasteiger partial charge in [-0.3, -0.25) is 4.98 Å². The molecule has 2 aromatic rings. The zero-order valence-electron chi connectivity index (χ0n) is 9.93. The molecule has 1 aromatic heterocycles. The van der Waals surface area contributed by atoms with Gasteiger partial charge in [-0.15, -0.1) is 0 Å². The Morgan fingerprint density at radius 2 is 1.94 bits per heavy atom. The van der Waals surface area contributed by atoms with Crippen LogP contribution in [0.4, 0.5) is 0 Å². The molecule has 0 bridgehead atoms. The van der Waals surface area contributed by atoms with E-state index in [-0.39, 0.29) is 0 Å². The maximum Gasteiger partial charge on any atom is 0.162 e. The Bertz CT molecular complexity index is 569. The van der Waals surface area contributed by atoms with E-state index in [0.717, 1.165) is 28.3 Å². The molecular weight excluding hydrogens is 228 g/mol. The fourth-order valence-corrected chi connectivity index (χ4v) is 2.05. The Kier molecular flexibility index (Phi) is 2.86. The highest BCUT2D eigenvalue weighted by Gasteiger charge is 2.13. The van der Waals surface area contributed by atoms with Gasteiger partial charge in [0.2, 0.25) is 0 Å². The number of benzene rings is 1. The molecule has 92 valence electrons. The fraction of sp³-hybridized carbons (Fsp3) is 0.214. The number of hydrogen-bond donors (Lipinski definition) is 1. The van der Waals surface area contributed by atoms with Gasteiger partial charge >= 0.3 is 0 Å². The summed E-state index contributed by atoms with van der Waals surface area (Å²) < 4.78 is 11.1. The first kappa shape index (κ1) is 11.0. The van der Waals surface area contributed by atoms with Crippen molar-refractivity contribution in [3.05, 3.63) is 42.1 Å². The van der Waals surface area contributed by atoms with Gasteiger partial charge in [-0.1, -0.05) is 6.07 Å². The van der Waals surface area contributed by atoms with Gasteiger partial charge in [0.15, 0.2) is 11.5 Å². The van der Waals surface area contributed by atoms with Crippen LogP contribution in [0.1, 0.15) is 5.56 Å². The van der Waals surface area contributed by atoms with E-state index in [2.05, 4.69) is 4.98 Å². The molecule has 1 aliphatic heterocycles. The Labute approximate surface area is 105 Å². The summed E-state index contributed by atoms with van der Waals surface area (Å²) in [7, 11) is 0. The van der Waals surface area contributed by atoms with Gasteiger partial charge in [0, 0.05) is 18.3 Å². The second-order valence-electron chi connectivity index (χ2n) is 4.07. The van der Waals surface area contributed by atoms with E-state index in [1.165, 1.54) is 0 Å². The van der Waals surface area contributed by atoms with Crippen molar-refractivity contribution in [3.63, 3.8) is 0 Å². The van der Waals surface area contributed by atoms with Gasteiger partial charge in [0.1, 0.15) is 13.2 Å². The SMILES string of the molecule is NCc1cccnc1-c1ccc2c(c1)OCCO2. The van der Waals surface area contributed by atoms with E-state index in [1.807, 2.05) is 30.3 Å². The van der Waals surface area contributed by atoms with Crippen molar-refractivity contribution in [3.8, 4) is 22.8 Å². The number of rotatable bonds is 2.